The number of nitrogens with zero attached hydrogens (tertiary/aromatic N) is 4. The second-order valence-corrected chi connectivity index (χ2v) is 5.68. The molecule has 1 aliphatic rings. The summed E-state index contributed by atoms with van der Waals surface area (Å²) in [6.45, 7) is 0. The molecule has 4 nitrogen and oxygen atoms in total. The fourth-order valence-electron chi connectivity index (χ4n) is 2.75. The van der Waals surface area contributed by atoms with Gasteiger partial charge in [0, 0.05) is 56.4 Å². The summed E-state index contributed by atoms with van der Waals surface area (Å²) in [7, 11) is 16.9. The van der Waals surface area contributed by atoms with Crippen molar-refractivity contribution < 1.29 is 0 Å². The fraction of sp³-hybridized carbons (Fsp3) is 0.714. The largest absolute Gasteiger partial charge is 0.364 e. The van der Waals surface area contributed by atoms with Crippen molar-refractivity contribution in [2.45, 2.75) is 12.8 Å². The highest BCUT2D eigenvalue weighted by molar-refractivity contribution is 5.44. The first-order valence-electron chi connectivity index (χ1n) is 6.43. The summed E-state index contributed by atoms with van der Waals surface area (Å²) in [6.07, 6.45) is 2.35. The van der Waals surface area contributed by atoms with Gasteiger partial charge in [-0.2, -0.15) is 0 Å². The van der Waals surface area contributed by atoms with Crippen molar-refractivity contribution in [1.29, 1.82) is 0 Å². The molecule has 0 saturated heterocycles. The van der Waals surface area contributed by atoms with Crippen LogP contribution < -0.4 is 0 Å². The second kappa shape index (κ2) is 5.55. The Morgan fingerprint density at radius 2 is 0.778 bits per heavy atom. The lowest BCUT2D eigenvalue weighted by molar-refractivity contribution is 0.314. The van der Waals surface area contributed by atoms with Gasteiger partial charge in [-0.3, -0.25) is 0 Å². The molecule has 0 aromatic rings. The third-order valence-electron chi connectivity index (χ3n) is 3.22. The van der Waals surface area contributed by atoms with E-state index in [0.29, 0.717) is 0 Å². The number of hydrogen-bond acceptors (Lipinski definition) is 4. The molecule has 1 aliphatic carbocycles. The third kappa shape index (κ3) is 2.74. The van der Waals surface area contributed by atoms with Crippen molar-refractivity contribution in [2.75, 3.05) is 56.4 Å². The minimum absolute atomic E-state index is 1.17. The topological polar surface area (TPSA) is 13.0 Å². The molecule has 0 heterocycles. The van der Waals surface area contributed by atoms with Crippen LogP contribution in [0.1, 0.15) is 12.8 Å². The Morgan fingerprint density at radius 1 is 0.556 bits per heavy atom. The fourth-order valence-corrected chi connectivity index (χ4v) is 2.75. The van der Waals surface area contributed by atoms with Crippen LogP contribution in [0.3, 0.4) is 0 Å². The van der Waals surface area contributed by atoms with E-state index < -0.39 is 0 Å². The van der Waals surface area contributed by atoms with E-state index in [1.807, 2.05) is 0 Å². The smallest absolute Gasteiger partial charge is 0.107 e. The van der Waals surface area contributed by atoms with Crippen molar-refractivity contribution in [3.8, 4) is 0 Å². The van der Waals surface area contributed by atoms with Gasteiger partial charge in [0.15, 0.2) is 0 Å². The Morgan fingerprint density at radius 3 is 0.889 bits per heavy atom. The monoisotopic (exact) mass is 252 g/mol. The number of hydrogen-bond donors (Lipinski definition) is 0. The zero-order valence-electron chi connectivity index (χ0n) is 13.2. The van der Waals surface area contributed by atoms with E-state index in [0.717, 1.165) is 0 Å². The Balaban J connectivity index is 3.28. The molecular formula is C14H28N4. The van der Waals surface area contributed by atoms with Crippen molar-refractivity contribution in [1.82, 2.24) is 19.6 Å². The Bertz CT molecular complexity index is 306. The molecule has 0 amide bonds. The summed E-state index contributed by atoms with van der Waals surface area (Å²) in [4.78, 5) is 8.82. The maximum absolute atomic E-state index is 2.21. The Labute approximate surface area is 112 Å². The molecule has 0 aliphatic heterocycles. The summed E-state index contributed by atoms with van der Waals surface area (Å²) in [5.41, 5.74) is 2.95. The van der Waals surface area contributed by atoms with Crippen LogP contribution in [-0.2, 0) is 0 Å². The molecule has 0 radical (unpaired) electrons. The second-order valence-electron chi connectivity index (χ2n) is 5.68. The molecule has 0 N–H and O–H groups in total. The van der Waals surface area contributed by atoms with E-state index in [1.54, 1.807) is 0 Å². The van der Waals surface area contributed by atoms with E-state index >= 15 is 0 Å². The van der Waals surface area contributed by atoms with Crippen LogP contribution in [0.25, 0.3) is 0 Å². The summed E-state index contributed by atoms with van der Waals surface area (Å²) in [6, 6.07) is 0. The summed E-state index contributed by atoms with van der Waals surface area (Å²) in [5, 5.41) is 0. The van der Waals surface area contributed by atoms with E-state index in [1.165, 1.54) is 35.6 Å². The highest BCUT2D eigenvalue weighted by Gasteiger charge is 2.28. The molecule has 1 fully saturated rings. The minimum atomic E-state index is 1.17. The van der Waals surface area contributed by atoms with Gasteiger partial charge in [-0.25, -0.2) is 0 Å². The van der Waals surface area contributed by atoms with E-state index in [9.17, 15) is 0 Å². The molecule has 0 spiro atoms. The summed E-state index contributed by atoms with van der Waals surface area (Å²) < 4.78 is 0. The van der Waals surface area contributed by atoms with E-state index in [4.69, 9.17) is 0 Å². The molecule has 0 aromatic heterocycles. The zero-order valence-corrected chi connectivity index (χ0v) is 13.2. The van der Waals surface area contributed by atoms with Gasteiger partial charge in [0.25, 0.3) is 0 Å². The molecule has 0 unspecified atom stereocenters. The highest BCUT2D eigenvalue weighted by Crippen LogP contribution is 2.39. The molecule has 0 bridgehead atoms. The lowest BCUT2D eigenvalue weighted by Gasteiger charge is -2.38. The Hall–Kier alpha value is -1.32. The van der Waals surface area contributed by atoms with E-state index in [-0.39, 0.29) is 0 Å². The molecule has 104 valence electrons. The average molecular weight is 252 g/mol. The molecule has 0 atom stereocenters. The standard InChI is InChI=1S/C14H28N4/c1-15(2)13(16(3)4)11-9-10-12(11)14(17(5)6)18(7)8/h9-10H2,1-8H3. The van der Waals surface area contributed by atoms with Crippen LogP contribution in [0, 0.1) is 0 Å². The van der Waals surface area contributed by atoms with E-state index in [2.05, 4.69) is 76.0 Å². The first kappa shape index (κ1) is 14.7. The predicted octanol–water partition coefficient (Wildman–Crippen LogP) is 1.45. The summed E-state index contributed by atoms with van der Waals surface area (Å²) >= 11 is 0. The summed E-state index contributed by atoms with van der Waals surface area (Å²) in [5.74, 6) is 2.63. The van der Waals surface area contributed by atoms with Crippen LogP contribution >= 0.6 is 0 Å². The molecular weight excluding hydrogens is 224 g/mol. The third-order valence-corrected chi connectivity index (χ3v) is 3.22. The maximum Gasteiger partial charge on any atom is 0.107 e. The van der Waals surface area contributed by atoms with Gasteiger partial charge in [0.2, 0.25) is 0 Å². The Kier molecular flexibility index (Phi) is 4.54. The van der Waals surface area contributed by atoms with Gasteiger partial charge < -0.3 is 19.6 Å². The van der Waals surface area contributed by atoms with Gasteiger partial charge in [0.05, 0.1) is 0 Å². The van der Waals surface area contributed by atoms with Crippen molar-refractivity contribution >= 4 is 0 Å². The minimum Gasteiger partial charge on any atom is -0.364 e. The van der Waals surface area contributed by atoms with Crippen LogP contribution in [0.5, 0.6) is 0 Å². The van der Waals surface area contributed by atoms with Gasteiger partial charge in [0.1, 0.15) is 11.6 Å². The first-order chi connectivity index (χ1) is 8.27. The molecule has 4 heteroatoms. The lowest BCUT2D eigenvalue weighted by atomic mass is 9.84. The molecule has 1 rings (SSSR count). The van der Waals surface area contributed by atoms with Crippen molar-refractivity contribution in [2.24, 2.45) is 0 Å². The lowest BCUT2D eigenvalue weighted by Crippen LogP contribution is -2.33. The first-order valence-corrected chi connectivity index (χ1v) is 6.43. The van der Waals surface area contributed by atoms with Crippen molar-refractivity contribution in [3.05, 3.63) is 22.8 Å². The highest BCUT2D eigenvalue weighted by atomic mass is 15.3. The van der Waals surface area contributed by atoms with Crippen LogP contribution in [0.2, 0.25) is 0 Å². The maximum atomic E-state index is 2.21. The quantitative estimate of drug-likeness (QED) is 0.751. The SMILES string of the molecule is CN(C)C(=C1CCC1=C(N(C)C)N(C)C)N(C)C. The van der Waals surface area contributed by atoms with Crippen LogP contribution in [-0.4, -0.2) is 76.0 Å². The van der Waals surface area contributed by atoms with Gasteiger partial charge in [-0.05, 0) is 24.0 Å². The van der Waals surface area contributed by atoms with Gasteiger partial charge in [-0.15, -0.1) is 0 Å². The van der Waals surface area contributed by atoms with Crippen LogP contribution in [0.4, 0.5) is 0 Å². The van der Waals surface area contributed by atoms with Crippen molar-refractivity contribution in [3.63, 3.8) is 0 Å². The normalized spacial score (nSPS) is 14.0. The van der Waals surface area contributed by atoms with Crippen LogP contribution in [0.15, 0.2) is 22.8 Å². The predicted molar refractivity (Wildman–Crippen MR) is 78.0 cm³/mol. The van der Waals surface area contributed by atoms with Gasteiger partial charge in [-0.1, -0.05) is 0 Å². The average Bonchev–Trinajstić information content (AvgIpc) is 2.17. The molecule has 18 heavy (non-hydrogen) atoms. The molecule has 1 saturated carbocycles. The zero-order chi connectivity index (χ0) is 14.0. The molecule has 0 aromatic carbocycles. The van der Waals surface area contributed by atoms with Gasteiger partial charge >= 0.3 is 0 Å². The number of allylic oxidation sites excluding steroid dienone is 2. The number of rotatable bonds is 4.